The summed E-state index contributed by atoms with van der Waals surface area (Å²) in [6, 6.07) is 0.687. The van der Waals surface area contributed by atoms with Crippen molar-refractivity contribution in [2.24, 2.45) is 5.73 Å². The van der Waals surface area contributed by atoms with E-state index in [2.05, 4.69) is 11.8 Å². The van der Waals surface area contributed by atoms with Crippen LogP contribution < -0.4 is 5.73 Å². The average Bonchev–Trinajstić information content (AvgIpc) is 2.26. The van der Waals surface area contributed by atoms with E-state index in [0.29, 0.717) is 12.5 Å². The van der Waals surface area contributed by atoms with Gasteiger partial charge in [0.15, 0.2) is 0 Å². The molecule has 17 heavy (non-hydrogen) atoms. The third-order valence-electron chi connectivity index (χ3n) is 3.82. The van der Waals surface area contributed by atoms with Crippen molar-refractivity contribution in [2.75, 3.05) is 13.1 Å². The molecule has 0 spiro atoms. The van der Waals surface area contributed by atoms with Gasteiger partial charge in [0, 0.05) is 6.04 Å². The minimum atomic E-state index is -1.06. The number of likely N-dealkylation sites (tertiary alicyclic amines) is 1. The molecule has 0 aliphatic carbocycles. The van der Waals surface area contributed by atoms with E-state index in [-0.39, 0.29) is 0 Å². The van der Waals surface area contributed by atoms with Crippen LogP contribution in [0.3, 0.4) is 0 Å². The zero-order valence-corrected chi connectivity index (χ0v) is 11.1. The molecule has 3 N–H and O–H groups in total. The monoisotopic (exact) mass is 242 g/mol. The van der Waals surface area contributed by atoms with Gasteiger partial charge >= 0.3 is 5.97 Å². The van der Waals surface area contributed by atoms with Gasteiger partial charge in [-0.15, -0.1) is 0 Å². The number of carboxylic acid groups (broad SMARTS) is 1. The van der Waals surface area contributed by atoms with E-state index in [0.717, 1.165) is 19.4 Å². The summed E-state index contributed by atoms with van der Waals surface area (Å²) in [5.41, 5.74) is 4.63. The molecule has 0 saturated carbocycles. The van der Waals surface area contributed by atoms with Crippen molar-refractivity contribution >= 4 is 5.97 Å². The molecule has 1 saturated heterocycles. The fraction of sp³-hybridized carbons (Fsp3) is 0.923. The van der Waals surface area contributed by atoms with Crippen molar-refractivity contribution in [3.63, 3.8) is 0 Å². The maximum Gasteiger partial charge on any atom is 0.323 e. The minimum absolute atomic E-state index is 0.560. The van der Waals surface area contributed by atoms with E-state index < -0.39 is 11.5 Å². The second-order valence-corrected chi connectivity index (χ2v) is 5.56. The third kappa shape index (κ3) is 4.64. The van der Waals surface area contributed by atoms with Crippen LogP contribution in [0.2, 0.25) is 0 Å². The first-order valence-electron chi connectivity index (χ1n) is 6.70. The zero-order valence-electron chi connectivity index (χ0n) is 11.1. The first-order valence-corrected chi connectivity index (χ1v) is 6.70. The quantitative estimate of drug-likeness (QED) is 0.697. The van der Waals surface area contributed by atoms with Crippen LogP contribution in [-0.2, 0) is 4.79 Å². The lowest BCUT2D eigenvalue weighted by molar-refractivity contribution is -0.142. The smallest absolute Gasteiger partial charge is 0.323 e. The largest absolute Gasteiger partial charge is 0.480 e. The lowest BCUT2D eigenvalue weighted by Crippen LogP contribution is -2.45. The molecule has 0 aromatic rings. The van der Waals surface area contributed by atoms with E-state index in [1.807, 2.05) is 0 Å². The first-order chi connectivity index (χ1) is 7.93. The number of hydrogen-bond donors (Lipinski definition) is 2. The minimum Gasteiger partial charge on any atom is -0.480 e. The Kier molecular flexibility index (Phi) is 5.40. The predicted molar refractivity (Wildman–Crippen MR) is 69.0 cm³/mol. The molecule has 4 heteroatoms. The molecule has 1 fully saturated rings. The predicted octanol–water partition coefficient (Wildman–Crippen LogP) is 1.83. The summed E-state index contributed by atoms with van der Waals surface area (Å²) in [5, 5.41) is 8.90. The summed E-state index contributed by atoms with van der Waals surface area (Å²) in [4.78, 5) is 13.3. The summed E-state index contributed by atoms with van der Waals surface area (Å²) < 4.78 is 0. The standard InChI is InChI=1S/C13H26N2O2/c1-11-7-3-5-9-15(11)10-6-4-8-13(2,14)12(16)17/h11H,3-10,14H2,1-2H3,(H,16,17). The summed E-state index contributed by atoms with van der Waals surface area (Å²) in [6.45, 7) is 6.15. The maximum absolute atomic E-state index is 10.8. The number of nitrogens with two attached hydrogens (primary N) is 1. The number of rotatable bonds is 6. The zero-order chi connectivity index (χ0) is 12.9. The van der Waals surface area contributed by atoms with Crippen LogP contribution in [-0.4, -0.2) is 40.6 Å². The molecular formula is C13H26N2O2. The van der Waals surface area contributed by atoms with Crippen LogP contribution in [0.15, 0.2) is 0 Å². The number of piperidine rings is 1. The summed E-state index contributed by atoms with van der Waals surface area (Å²) in [7, 11) is 0. The highest BCUT2D eigenvalue weighted by Crippen LogP contribution is 2.18. The lowest BCUT2D eigenvalue weighted by Gasteiger charge is -2.33. The van der Waals surface area contributed by atoms with Crippen molar-refractivity contribution < 1.29 is 9.90 Å². The average molecular weight is 242 g/mol. The topological polar surface area (TPSA) is 66.6 Å². The number of unbranched alkanes of at least 4 members (excludes halogenated alkanes) is 1. The molecule has 100 valence electrons. The molecule has 0 amide bonds. The molecular weight excluding hydrogens is 216 g/mol. The number of carbonyl (C=O) groups is 1. The maximum atomic E-state index is 10.8. The van der Waals surface area contributed by atoms with Crippen molar-refractivity contribution in [2.45, 2.75) is 64.0 Å². The van der Waals surface area contributed by atoms with Gasteiger partial charge in [-0.2, -0.15) is 0 Å². The molecule has 4 nitrogen and oxygen atoms in total. The molecule has 0 bridgehead atoms. The summed E-state index contributed by atoms with van der Waals surface area (Å²) in [6.07, 6.45) is 6.44. The van der Waals surface area contributed by atoms with Gasteiger partial charge in [-0.3, -0.25) is 4.79 Å². The molecule has 2 atom stereocenters. The van der Waals surface area contributed by atoms with E-state index in [4.69, 9.17) is 10.8 Å². The SMILES string of the molecule is CC1CCCCN1CCCCC(C)(N)C(=O)O. The van der Waals surface area contributed by atoms with Crippen LogP contribution in [0.1, 0.15) is 52.4 Å². The molecule has 1 heterocycles. The van der Waals surface area contributed by atoms with Gasteiger partial charge in [0.1, 0.15) is 5.54 Å². The van der Waals surface area contributed by atoms with Crippen LogP contribution >= 0.6 is 0 Å². The highest BCUT2D eigenvalue weighted by atomic mass is 16.4. The summed E-state index contributed by atoms with van der Waals surface area (Å²) in [5.74, 6) is -0.899. The molecule has 0 aromatic heterocycles. The summed E-state index contributed by atoms with van der Waals surface area (Å²) >= 11 is 0. The van der Waals surface area contributed by atoms with Gasteiger partial charge in [-0.25, -0.2) is 0 Å². The molecule has 1 rings (SSSR count). The van der Waals surface area contributed by atoms with E-state index in [9.17, 15) is 4.79 Å². The Balaban J connectivity index is 2.17. The van der Waals surface area contributed by atoms with Gasteiger partial charge in [-0.05, 0) is 59.0 Å². The Hall–Kier alpha value is -0.610. The Morgan fingerprint density at radius 3 is 2.76 bits per heavy atom. The van der Waals surface area contributed by atoms with Crippen molar-refractivity contribution in [1.82, 2.24) is 4.90 Å². The first kappa shape index (κ1) is 14.5. The van der Waals surface area contributed by atoms with Crippen molar-refractivity contribution in [3.05, 3.63) is 0 Å². The highest BCUT2D eigenvalue weighted by Gasteiger charge is 2.27. The molecule has 0 radical (unpaired) electrons. The molecule has 1 aliphatic heterocycles. The number of carboxylic acids is 1. The van der Waals surface area contributed by atoms with E-state index >= 15 is 0 Å². The second-order valence-electron chi connectivity index (χ2n) is 5.56. The molecule has 0 aromatic carbocycles. The Bertz CT molecular complexity index is 254. The number of nitrogens with zero attached hydrogens (tertiary/aromatic N) is 1. The lowest BCUT2D eigenvalue weighted by atomic mass is 9.96. The van der Waals surface area contributed by atoms with Gasteiger partial charge in [0.05, 0.1) is 0 Å². The van der Waals surface area contributed by atoms with E-state index in [1.54, 1.807) is 6.92 Å². The molecule has 2 unspecified atom stereocenters. The van der Waals surface area contributed by atoms with Crippen LogP contribution in [0.25, 0.3) is 0 Å². The van der Waals surface area contributed by atoms with Gasteiger partial charge in [0.25, 0.3) is 0 Å². The van der Waals surface area contributed by atoms with Crippen LogP contribution in [0, 0.1) is 0 Å². The van der Waals surface area contributed by atoms with Gasteiger partial charge in [-0.1, -0.05) is 6.42 Å². The number of aliphatic carboxylic acids is 1. The Morgan fingerprint density at radius 1 is 1.47 bits per heavy atom. The van der Waals surface area contributed by atoms with Crippen LogP contribution in [0.5, 0.6) is 0 Å². The third-order valence-corrected chi connectivity index (χ3v) is 3.82. The van der Waals surface area contributed by atoms with Gasteiger partial charge < -0.3 is 15.7 Å². The second kappa shape index (κ2) is 6.36. The Labute approximate surface area is 104 Å². The van der Waals surface area contributed by atoms with Crippen LogP contribution in [0.4, 0.5) is 0 Å². The Morgan fingerprint density at radius 2 is 2.18 bits per heavy atom. The normalized spacial score (nSPS) is 25.5. The van der Waals surface area contributed by atoms with Crippen molar-refractivity contribution in [1.29, 1.82) is 0 Å². The highest BCUT2D eigenvalue weighted by molar-refractivity contribution is 5.77. The fourth-order valence-electron chi connectivity index (χ4n) is 2.40. The fourth-order valence-corrected chi connectivity index (χ4v) is 2.40. The molecule has 1 aliphatic rings. The van der Waals surface area contributed by atoms with Gasteiger partial charge in [0.2, 0.25) is 0 Å². The van der Waals surface area contributed by atoms with E-state index in [1.165, 1.54) is 25.8 Å². The van der Waals surface area contributed by atoms with Crippen molar-refractivity contribution in [3.8, 4) is 0 Å². The number of hydrogen-bond acceptors (Lipinski definition) is 3.